The lowest BCUT2D eigenvalue weighted by Crippen LogP contribution is -2.58. The molecule has 2 aliphatic rings. The zero-order valence-electron chi connectivity index (χ0n) is 14.8. The number of piperidine rings is 1. The molecule has 132 valence electrons. The zero-order valence-corrected chi connectivity index (χ0v) is 14.8. The summed E-state index contributed by atoms with van der Waals surface area (Å²) in [6.07, 6.45) is 9.87. The van der Waals surface area contributed by atoms with Crippen molar-refractivity contribution in [1.29, 1.82) is 0 Å². The molecule has 5 nitrogen and oxygen atoms in total. The topological polar surface area (TPSA) is 62.1 Å². The third-order valence-electron chi connectivity index (χ3n) is 5.86. The molecule has 0 amide bonds. The minimum absolute atomic E-state index is 0.241. The van der Waals surface area contributed by atoms with E-state index >= 15 is 0 Å². The fraction of sp³-hybridized carbons (Fsp3) is 0.550. The minimum Gasteiger partial charge on any atom is -0.383 e. The molecule has 4 rings (SSSR count). The van der Waals surface area contributed by atoms with Gasteiger partial charge in [-0.25, -0.2) is 9.97 Å². The second-order valence-electron chi connectivity index (χ2n) is 7.42. The molecular weight excluding hydrogens is 312 g/mol. The first kappa shape index (κ1) is 16.6. The molecule has 1 aliphatic carbocycles. The van der Waals surface area contributed by atoms with Crippen LogP contribution in [0.15, 0.2) is 36.8 Å². The molecule has 0 radical (unpaired) electrons. The van der Waals surface area contributed by atoms with Crippen LogP contribution in [0.4, 0.5) is 0 Å². The molecule has 2 fully saturated rings. The van der Waals surface area contributed by atoms with E-state index in [-0.39, 0.29) is 11.8 Å². The molecule has 2 aromatic heterocycles. The van der Waals surface area contributed by atoms with Gasteiger partial charge in [0.15, 0.2) is 0 Å². The summed E-state index contributed by atoms with van der Waals surface area (Å²) in [5.41, 5.74) is 1.22. The van der Waals surface area contributed by atoms with Crippen molar-refractivity contribution in [1.82, 2.24) is 19.9 Å². The van der Waals surface area contributed by atoms with Gasteiger partial charge < -0.3 is 5.11 Å². The van der Waals surface area contributed by atoms with E-state index in [9.17, 15) is 5.11 Å². The predicted octanol–water partition coefficient (Wildman–Crippen LogP) is 2.55. The van der Waals surface area contributed by atoms with Crippen LogP contribution in [0.2, 0.25) is 0 Å². The molecule has 1 aliphatic heterocycles. The van der Waals surface area contributed by atoms with Crippen LogP contribution in [0.3, 0.4) is 0 Å². The quantitative estimate of drug-likeness (QED) is 0.928. The fourth-order valence-electron chi connectivity index (χ4n) is 4.59. The van der Waals surface area contributed by atoms with E-state index in [0.717, 1.165) is 56.0 Å². The van der Waals surface area contributed by atoms with Gasteiger partial charge in [0.25, 0.3) is 0 Å². The van der Waals surface area contributed by atoms with Crippen molar-refractivity contribution in [3.05, 3.63) is 53.9 Å². The summed E-state index contributed by atoms with van der Waals surface area (Å²) in [4.78, 5) is 15.8. The van der Waals surface area contributed by atoms with Crippen LogP contribution < -0.4 is 0 Å². The molecule has 0 aromatic carbocycles. The van der Waals surface area contributed by atoms with Crippen LogP contribution >= 0.6 is 0 Å². The molecule has 1 saturated carbocycles. The van der Waals surface area contributed by atoms with Crippen LogP contribution in [0.5, 0.6) is 0 Å². The van der Waals surface area contributed by atoms with E-state index < -0.39 is 5.60 Å². The number of aliphatic hydroxyl groups is 1. The maximum atomic E-state index is 11.6. The maximum absolute atomic E-state index is 11.6. The second-order valence-corrected chi connectivity index (χ2v) is 7.42. The molecular formula is C20H26N4O. The van der Waals surface area contributed by atoms with Gasteiger partial charge in [-0.1, -0.05) is 19.4 Å². The van der Waals surface area contributed by atoms with Crippen molar-refractivity contribution in [2.24, 2.45) is 11.8 Å². The highest BCUT2D eigenvalue weighted by atomic mass is 16.3. The first-order chi connectivity index (χ1) is 12.2. The number of rotatable bonds is 4. The molecule has 2 bridgehead atoms. The van der Waals surface area contributed by atoms with Gasteiger partial charge in [-0.15, -0.1) is 0 Å². The van der Waals surface area contributed by atoms with E-state index in [2.05, 4.69) is 26.8 Å². The average Bonchev–Trinajstić information content (AvgIpc) is 2.64. The van der Waals surface area contributed by atoms with E-state index in [1.165, 1.54) is 6.42 Å². The molecule has 2 aromatic rings. The smallest absolute Gasteiger partial charge is 0.127 e. The fourth-order valence-corrected chi connectivity index (χ4v) is 4.59. The van der Waals surface area contributed by atoms with Crippen molar-refractivity contribution >= 4 is 0 Å². The highest BCUT2D eigenvalue weighted by Gasteiger charge is 2.52. The number of hydrogen-bond donors (Lipinski definition) is 1. The molecule has 0 spiro atoms. The number of fused-ring (bicyclic) bond motifs is 2. The number of hydrogen-bond acceptors (Lipinski definition) is 5. The van der Waals surface area contributed by atoms with Gasteiger partial charge in [0, 0.05) is 62.0 Å². The normalized spacial score (nSPS) is 29.5. The van der Waals surface area contributed by atoms with E-state index in [4.69, 9.17) is 0 Å². The summed E-state index contributed by atoms with van der Waals surface area (Å²) in [6, 6.07) is 5.88. The number of aromatic nitrogens is 3. The first-order valence-corrected chi connectivity index (χ1v) is 9.36. The first-order valence-electron chi connectivity index (χ1n) is 9.36. The Morgan fingerprint density at radius 1 is 1.12 bits per heavy atom. The van der Waals surface area contributed by atoms with Crippen molar-refractivity contribution in [2.75, 3.05) is 13.1 Å². The Bertz CT molecular complexity index is 689. The van der Waals surface area contributed by atoms with Crippen LogP contribution in [-0.2, 0) is 18.6 Å². The number of likely N-dealkylation sites (tertiary alicyclic amines) is 1. The van der Waals surface area contributed by atoms with Crippen molar-refractivity contribution in [3.63, 3.8) is 0 Å². The van der Waals surface area contributed by atoms with Crippen LogP contribution in [-0.4, -0.2) is 38.0 Å². The summed E-state index contributed by atoms with van der Waals surface area (Å²) in [7, 11) is 0. The minimum atomic E-state index is -0.779. The van der Waals surface area contributed by atoms with Gasteiger partial charge in [-0.2, -0.15) is 0 Å². The highest BCUT2D eigenvalue weighted by molar-refractivity contribution is 5.20. The summed E-state index contributed by atoms with van der Waals surface area (Å²) < 4.78 is 0. The Kier molecular flexibility index (Phi) is 4.52. The van der Waals surface area contributed by atoms with Gasteiger partial charge in [0.2, 0.25) is 0 Å². The van der Waals surface area contributed by atoms with E-state index in [1.807, 2.05) is 30.6 Å². The lowest BCUT2D eigenvalue weighted by molar-refractivity contribution is -0.151. The molecule has 1 N–H and O–H groups in total. The molecule has 1 saturated heterocycles. The third-order valence-corrected chi connectivity index (χ3v) is 5.86. The van der Waals surface area contributed by atoms with Gasteiger partial charge in [-0.05, 0) is 25.0 Å². The van der Waals surface area contributed by atoms with Crippen molar-refractivity contribution < 1.29 is 5.11 Å². The Morgan fingerprint density at radius 3 is 2.44 bits per heavy atom. The van der Waals surface area contributed by atoms with Crippen LogP contribution in [0.1, 0.15) is 43.3 Å². The van der Waals surface area contributed by atoms with Gasteiger partial charge in [0.1, 0.15) is 11.4 Å². The number of pyridine rings is 1. The Balaban J connectivity index is 1.53. The Morgan fingerprint density at radius 2 is 1.84 bits per heavy atom. The van der Waals surface area contributed by atoms with Gasteiger partial charge >= 0.3 is 0 Å². The molecule has 25 heavy (non-hydrogen) atoms. The third kappa shape index (κ3) is 3.07. The molecule has 2 unspecified atom stereocenters. The largest absolute Gasteiger partial charge is 0.383 e. The summed E-state index contributed by atoms with van der Waals surface area (Å²) in [5.74, 6) is 1.38. The standard InChI is InChI=1S/C20H26N4O/c1-2-19-22-10-15(11-23-19)12-24-13-16-6-5-7-17(14-24)20(16,25)18-8-3-4-9-21-18/h3-4,8-11,16-17,25H,2,5-7,12-14H2,1H3. The lowest BCUT2D eigenvalue weighted by atomic mass is 9.64. The van der Waals surface area contributed by atoms with E-state index in [1.54, 1.807) is 6.20 Å². The Labute approximate surface area is 149 Å². The average molecular weight is 338 g/mol. The zero-order chi connectivity index (χ0) is 17.3. The summed E-state index contributed by atoms with van der Waals surface area (Å²) >= 11 is 0. The molecule has 2 atom stereocenters. The lowest BCUT2D eigenvalue weighted by Gasteiger charge is -2.52. The van der Waals surface area contributed by atoms with Crippen molar-refractivity contribution in [3.8, 4) is 0 Å². The Hall–Kier alpha value is -1.85. The van der Waals surface area contributed by atoms with E-state index in [0.29, 0.717) is 0 Å². The van der Waals surface area contributed by atoms with Crippen LogP contribution in [0.25, 0.3) is 0 Å². The SMILES string of the molecule is CCc1ncc(CN2CC3CCCC(C2)C3(O)c2ccccn2)cn1. The summed E-state index contributed by atoms with van der Waals surface area (Å²) in [5, 5.41) is 11.6. The monoisotopic (exact) mass is 338 g/mol. The van der Waals surface area contributed by atoms with Crippen LogP contribution in [0, 0.1) is 11.8 Å². The second kappa shape index (κ2) is 6.81. The predicted molar refractivity (Wildman–Crippen MR) is 95.7 cm³/mol. The summed E-state index contributed by atoms with van der Waals surface area (Å²) in [6.45, 7) is 4.73. The highest BCUT2D eigenvalue weighted by Crippen LogP contribution is 2.48. The number of aryl methyl sites for hydroxylation is 1. The molecule has 3 heterocycles. The molecule has 5 heteroatoms. The van der Waals surface area contributed by atoms with Crippen molar-refractivity contribution in [2.45, 2.75) is 44.8 Å². The maximum Gasteiger partial charge on any atom is 0.127 e. The number of nitrogens with zero attached hydrogens (tertiary/aromatic N) is 4. The van der Waals surface area contributed by atoms with Gasteiger partial charge in [0.05, 0.1) is 5.69 Å². The van der Waals surface area contributed by atoms with Gasteiger partial charge in [-0.3, -0.25) is 9.88 Å².